The molecular weight excluding hydrogens is 224 g/mol. The standard InChI is InChI=1S/C14H16N4/c1-8-9(2)14(15)18-17-12(8)11-6-5-10-4-3-7-16-13(10)11/h3-4,7,11H,5-6H2,1-2H3,(H2,15,18). The van der Waals surface area contributed by atoms with Gasteiger partial charge >= 0.3 is 0 Å². The second-order valence-electron chi connectivity index (χ2n) is 4.86. The SMILES string of the molecule is Cc1c(N)nnc(C2CCc3cccnc32)c1C. The first-order valence-corrected chi connectivity index (χ1v) is 6.21. The molecule has 0 saturated carbocycles. The maximum absolute atomic E-state index is 5.79. The van der Waals surface area contributed by atoms with Gasteiger partial charge in [-0.3, -0.25) is 4.98 Å². The summed E-state index contributed by atoms with van der Waals surface area (Å²) in [6.07, 6.45) is 3.98. The van der Waals surface area contributed by atoms with Crippen LogP contribution in [0.3, 0.4) is 0 Å². The van der Waals surface area contributed by atoms with Crippen molar-refractivity contribution in [2.45, 2.75) is 32.6 Å². The third-order valence-electron chi connectivity index (χ3n) is 3.88. The summed E-state index contributed by atoms with van der Waals surface area (Å²) in [6, 6.07) is 4.14. The molecule has 1 aliphatic rings. The quantitative estimate of drug-likeness (QED) is 0.829. The molecule has 3 rings (SSSR count). The Morgan fingerprint density at radius 1 is 1.17 bits per heavy atom. The van der Waals surface area contributed by atoms with Crippen molar-refractivity contribution >= 4 is 5.82 Å². The summed E-state index contributed by atoms with van der Waals surface area (Å²) in [4.78, 5) is 4.51. The molecule has 0 spiro atoms. The topological polar surface area (TPSA) is 64.7 Å². The molecule has 0 saturated heterocycles. The molecule has 18 heavy (non-hydrogen) atoms. The van der Waals surface area contributed by atoms with Crippen LogP contribution in [0.1, 0.15) is 40.4 Å². The molecule has 2 aromatic rings. The van der Waals surface area contributed by atoms with Gasteiger partial charge in [-0.05, 0) is 49.4 Å². The van der Waals surface area contributed by atoms with Gasteiger partial charge in [-0.1, -0.05) is 6.07 Å². The lowest BCUT2D eigenvalue weighted by Crippen LogP contribution is -2.09. The van der Waals surface area contributed by atoms with E-state index in [1.54, 1.807) is 0 Å². The summed E-state index contributed by atoms with van der Waals surface area (Å²) in [6.45, 7) is 4.06. The first-order valence-electron chi connectivity index (χ1n) is 6.21. The van der Waals surface area contributed by atoms with Crippen LogP contribution in [-0.4, -0.2) is 15.2 Å². The minimum absolute atomic E-state index is 0.271. The fourth-order valence-electron chi connectivity index (χ4n) is 2.65. The van der Waals surface area contributed by atoms with Crippen molar-refractivity contribution in [1.29, 1.82) is 0 Å². The van der Waals surface area contributed by atoms with Crippen LogP contribution in [0, 0.1) is 13.8 Å². The molecule has 0 aromatic carbocycles. The fraction of sp³-hybridized carbons (Fsp3) is 0.357. The van der Waals surface area contributed by atoms with Crippen LogP contribution in [0.25, 0.3) is 0 Å². The highest BCUT2D eigenvalue weighted by atomic mass is 15.1. The molecule has 1 unspecified atom stereocenters. The zero-order chi connectivity index (χ0) is 12.7. The first kappa shape index (κ1) is 11.1. The van der Waals surface area contributed by atoms with Crippen molar-refractivity contribution < 1.29 is 0 Å². The number of nitrogens with zero attached hydrogens (tertiary/aromatic N) is 3. The van der Waals surface area contributed by atoms with Gasteiger partial charge in [0.05, 0.1) is 11.4 Å². The van der Waals surface area contributed by atoms with Crippen molar-refractivity contribution in [3.63, 3.8) is 0 Å². The molecule has 4 heteroatoms. The molecule has 0 bridgehead atoms. The van der Waals surface area contributed by atoms with Crippen LogP contribution in [-0.2, 0) is 6.42 Å². The van der Waals surface area contributed by atoms with E-state index in [0.29, 0.717) is 5.82 Å². The average molecular weight is 240 g/mol. The molecule has 2 heterocycles. The number of nitrogen functional groups attached to an aromatic ring is 1. The van der Waals surface area contributed by atoms with Gasteiger partial charge in [-0.2, -0.15) is 5.10 Å². The number of nitrogens with two attached hydrogens (primary N) is 1. The van der Waals surface area contributed by atoms with Crippen LogP contribution < -0.4 is 5.73 Å². The van der Waals surface area contributed by atoms with E-state index in [1.165, 1.54) is 5.56 Å². The monoisotopic (exact) mass is 240 g/mol. The Hall–Kier alpha value is -1.97. The van der Waals surface area contributed by atoms with Crippen LogP contribution in [0.2, 0.25) is 0 Å². The third kappa shape index (κ3) is 1.56. The molecule has 2 aromatic heterocycles. The second kappa shape index (κ2) is 4.05. The number of fused-ring (bicyclic) bond motifs is 1. The van der Waals surface area contributed by atoms with E-state index in [2.05, 4.69) is 28.2 Å². The average Bonchev–Trinajstić information content (AvgIpc) is 2.80. The minimum atomic E-state index is 0.271. The first-order chi connectivity index (χ1) is 8.68. The third-order valence-corrected chi connectivity index (χ3v) is 3.88. The normalized spacial score (nSPS) is 17.8. The molecule has 4 nitrogen and oxygen atoms in total. The van der Waals surface area contributed by atoms with Crippen molar-refractivity contribution in [1.82, 2.24) is 15.2 Å². The van der Waals surface area contributed by atoms with E-state index < -0.39 is 0 Å². The lowest BCUT2D eigenvalue weighted by Gasteiger charge is -2.14. The molecule has 0 fully saturated rings. The smallest absolute Gasteiger partial charge is 0.149 e. The summed E-state index contributed by atoms with van der Waals surface area (Å²) in [5, 5.41) is 8.36. The van der Waals surface area contributed by atoms with Crippen molar-refractivity contribution in [3.05, 3.63) is 46.4 Å². The summed E-state index contributed by atoms with van der Waals surface area (Å²) in [7, 11) is 0. The van der Waals surface area contributed by atoms with E-state index in [9.17, 15) is 0 Å². The number of aromatic nitrogens is 3. The van der Waals surface area contributed by atoms with E-state index in [1.807, 2.05) is 19.2 Å². The summed E-state index contributed by atoms with van der Waals surface area (Å²) < 4.78 is 0. The van der Waals surface area contributed by atoms with Gasteiger partial charge in [0, 0.05) is 12.1 Å². The largest absolute Gasteiger partial charge is 0.382 e. The maximum atomic E-state index is 5.79. The summed E-state index contributed by atoms with van der Waals surface area (Å²) in [5.41, 5.74) is 11.5. The highest BCUT2D eigenvalue weighted by Gasteiger charge is 2.28. The number of hydrogen-bond donors (Lipinski definition) is 1. The molecule has 92 valence electrons. The van der Waals surface area contributed by atoms with Crippen LogP contribution in [0.4, 0.5) is 5.82 Å². The van der Waals surface area contributed by atoms with Gasteiger partial charge in [0.2, 0.25) is 0 Å². The van der Waals surface area contributed by atoms with Crippen molar-refractivity contribution in [2.24, 2.45) is 0 Å². The Labute approximate surface area is 106 Å². The number of pyridine rings is 1. The van der Waals surface area contributed by atoms with Gasteiger partial charge in [0.15, 0.2) is 0 Å². The Morgan fingerprint density at radius 2 is 2.00 bits per heavy atom. The van der Waals surface area contributed by atoms with Gasteiger partial charge in [-0.15, -0.1) is 5.10 Å². The zero-order valence-corrected chi connectivity index (χ0v) is 10.6. The molecule has 2 N–H and O–H groups in total. The van der Waals surface area contributed by atoms with Crippen molar-refractivity contribution in [3.8, 4) is 0 Å². The number of aryl methyl sites for hydroxylation is 1. The second-order valence-corrected chi connectivity index (χ2v) is 4.86. The highest BCUT2D eigenvalue weighted by Crippen LogP contribution is 2.37. The van der Waals surface area contributed by atoms with Crippen LogP contribution in [0.5, 0.6) is 0 Å². The zero-order valence-electron chi connectivity index (χ0n) is 10.6. The van der Waals surface area contributed by atoms with E-state index in [4.69, 9.17) is 5.73 Å². The molecule has 0 aliphatic heterocycles. The highest BCUT2D eigenvalue weighted by molar-refractivity contribution is 5.47. The van der Waals surface area contributed by atoms with Crippen molar-refractivity contribution in [2.75, 3.05) is 5.73 Å². The van der Waals surface area contributed by atoms with Gasteiger partial charge < -0.3 is 5.73 Å². The van der Waals surface area contributed by atoms with Crippen LogP contribution in [0.15, 0.2) is 18.3 Å². The Bertz CT molecular complexity index is 607. The minimum Gasteiger partial charge on any atom is -0.382 e. The van der Waals surface area contributed by atoms with Gasteiger partial charge in [-0.25, -0.2) is 0 Å². The maximum Gasteiger partial charge on any atom is 0.149 e. The van der Waals surface area contributed by atoms with Crippen LogP contribution >= 0.6 is 0 Å². The molecule has 0 amide bonds. The summed E-state index contributed by atoms with van der Waals surface area (Å²) >= 11 is 0. The molecule has 1 aliphatic carbocycles. The molecular formula is C14H16N4. The molecule has 1 atom stereocenters. The number of rotatable bonds is 1. The Morgan fingerprint density at radius 3 is 2.83 bits per heavy atom. The molecule has 0 radical (unpaired) electrons. The number of hydrogen-bond acceptors (Lipinski definition) is 4. The van der Waals surface area contributed by atoms with Gasteiger partial charge in [0.25, 0.3) is 0 Å². The predicted octanol–water partition coefficient (Wildman–Crippen LogP) is 2.15. The van der Waals surface area contributed by atoms with E-state index in [0.717, 1.165) is 35.4 Å². The lowest BCUT2D eigenvalue weighted by atomic mass is 9.96. The predicted molar refractivity (Wildman–Crippen MR) is 70.3 cm³/mol. The fourth-order valence-corrected chi connectivity index (χ4v) is 2.65. The lowest BCUT2D eigenvalue weighted by molar-refractivity contribution is 0.717. The Balaban J connectivity index is 2.11. The number of anilines is 1. The summed E-state index contributed by atoms with van der Waals surface area (Å²) in [5.74, 6) is 0.795. The Kier molecular flexibility index (Phi) is 2.51. The van der Waals surface area contributed by atoms with E-state index >= 15 is 0 Å². The van der Waals surface area contributed by atoms with E-state index in [-0.39, 0.29) is 5.92 Å². The van der Waals surface area contributed by atoms with Gasteiger partial charge in [0.1, 0.15) is 5.82 Å².